The molecule has 2 atom stereocenters. The van der Waals surface area contributed by atoms with E-state index in [1.54, 1.807) is 4.90 Å². The van der Waals surface area contributed by atoms with Crippen molar-refractivity contribution in [3.05, 3.63) is 0 Å². The summed E-state index contributed by atoms with van der Waals surface area (Å²) in [6, 6.07) is 0.0581. The number of hydrogen-bond donors (Lipinski definition) is 1. The summed E-state index contributed by atoms with van der Waals surface area (Å²) in [5, 5.41) is 3.12. The zero-order chi connectivity index (χ0) is 13.3. The first-order chi connectivity index (χ1) is 8.39. The van der Waals surface area contributed by atoms with Gasteiger partial charge in [0.25, 0.3) is 0 Å². The molecule has 2 fully saturated rings. The van der Waals surface area contributed by atoms with Crippen molar-refractivity contribution in [1.29, 1.82) is 0 Å². The molecule has 2 aliphatic rings. The van der Waals surface area contributed by atoms with Crippen molar-refractivity contribution in [2.75, 3.05) is 25.1 Å². The topological polar surface area (TPSA) is 66.5 Å². The fourth-order valence-electron chi connectivity index (χ4n) is 2.48. The summed E-state index contributed by atoms with van der Waals surface area (Å²) in [4.78, 5) is 13.9. The molecular weight excluding hydrogens is 252 g/mol. The van der Waals surface area contributed by atoms with E-state index in [1.807, 2.05) is 7.05 Å². The van der Waals surface area contributed by atoms with E-state index >= 15 is 0 Å². The number of rotatable bonds is 4. The van der Waals surface area contributed by atoms with Gasteiger partial charge in [-0.1, -0.05) is 0 Å². The standard InChI is InChI=1S/C12H22N2O3S/c1-9(10-3-4-10)14(2)12(15)7-11-8-18(16,17)6-5-13-11/h9-11,13H,3-8H2,1-2H3. The van der Waals surface area contributed by atoms with Gasteiger partial charge in [-0.3, -0.25) is 4.79 Å². The molecule has 0 aromatic rings. The Labute approximate surface area is 109 Å². The van der Waals surface area contributed by atoms with Gasteiger partial charge in [0.2, 0.25) is 5.91 Å². The van der Waals surface area contributed by atoms with E-state index in [4.69, 9.17) is 0 Å². The molecule has 1 aliphatic carbocycles. The minimum atomic E-state index is -2.96. The highest BCUT2D eigenvalue weighted by Gasteiger charge is 2.34. The van der Waals surface area contributed by atoms with E-state index in [0.29, 0.717) is 12.5 Å². The van der Waals surface area contributed by atoms with Crippen LogP contribution in [0.15, 0.2) is 0 Å². The normalized spacial score (nSPS) is 28.7. The summed E-state index contributed by atoms with van der Waals surface area (Å²) in [6.07, 6.45) is 2.69. The van der Waals surface area contributed by atoms with Crippen LogP contribution in [0.25, 0.3) is 0 Å². The molecule has 2 unspecified atom stereocenters. The summed E-state index contributed by atoms with van der Waals surface area (Å²) in [5.41, 5.74) is 0. The van der Waals surface area contributed by atoms with Crippen molar-refractivity contribution < 1.29 is 13.2 Å². The molecule has 1 saturated heterocycles. The summed E-state index contributed by atoms with van der Waals surface area (Å²) in [5.74, 6) is 0.960. The maximum Gasteiger partial charge on any atom is 0.224 e. The van der Waals surface area contributed by atoms with Gasteiger partial charge in [-0.15, -0.1) is 0 Å². The van der Waals surface area contributed by atoms with E-state index in [-0.39, 0.29) is 35.9 Å². The number of sulfone groups is 1. The quantitative estimate of drug-likeness (QED) is 0.785. The van der Waals surface area contributed by atoms with E-state index in [1.165, 1.54) is 12.8 Å². The van der Waals surface area contributed by atoms with Crippen molar-refractivity contribution in [1.82, 2.24) is 10.2 Å². The lowest BCUT2D eigenvalue weighted by Gasteiger charge is -2.29. The molecule has 1 N–H and O–H groups in total. The second-order valence-electron chi connectivity index (χ2n) is 5.55. The zero-order valence-electron chi connectivity index (χ0n) is 11.1. The van der Waals surface area contributed by atoms with E-state index in [9.17, 15) is 13.2 Å². The number of hydrogen-bond acceptors (Lipinski definition) is 4. The second kappa shape index (κ2) is 5.17. The van der Waals surface area contributed by atoms with E-state index < -0.39 is 9.84 Å². The fraction of sp³-hybridized carbons (Fsp3) is 0.917. The predicted molar refractivity (Wildman–Crippen MR) is 70.0 cm³/mol. The summed E-state index contributed by atoms with van der Waals surface area (Å²) >= 11 is 0. The highest BCUT2D eigenvalue weighted by Crippen LogP contribution is 2.34. The molecule has 6 heteroatoms. The molecule has 1 aliphatic heterocycles. The van der Waals surface area contributed by atoms with Crippen LogP contribution in [0.5, 0.6) is 0 Å². The Morgan fingerprint density at radius 3 is 2.67 bits per heavy atom. The van der Waals surface area contributed by atoms with Gasteiger partial charge in [0.05, 0.1) is 11.5 Å². The number of amides is 1. The Balaban J connectivity index is 1.86. The maximum atomic E-state index is 12.1. The van der Waals surface area contributed by atoms with Gasteiger partial charge < -0.3 is 10.2 Å². The van der Waals surface area contributed by atoms with Crippen LogP contribution in [0.1, 0.15) is 26.2 Å². The molecule has 5 nitrogen and oxygen atoms in total. The average Bonchev–Trinajstić information content (AvgIpc) is 3.09. The molecule has 0 aromatic heterocycles. The van der Waals surface area contributed by atoms with Crippen molar-refractivity contribution in [3.63, 3.8) is 0 Å². The van der Waals surface area contributed by atoms with E-state index in [0.717, 1.165) is 0 Å². The number of carbonyl (C=O) groups excluding carboxylic acids is 1. The van der Waals surface area contributed by atoms with Gasteiger partial charge in [-0.05, 0) is 25.7 Å². The van der Waals surface area contributed by atoms with Crippen LogP contribution < -0.4 is 5.32 Å². The molecule has 2 rings (SSSR count). The molecule has 1 heterocycles. The smallest absolute Gasteiger partial charge is 0.224 e. The molecule has 1 saturated carbocycles. The minimum Gasteiger partial charge on any atom is -0.343 e. The van der Waals surface area contributed by atoms with Crippen molar-refractivity contribution >= 4 is 15.7 Å². The molecule has 1 amide bonds. The Kier molecular flexibility index (Phi) is 3.96. The first-order valence-electron chi connectivity index (χ1n) is 6.58. The fourth-order valence-corrected chi connectivity index (χ4v) is 3.92. The van der Waals surface area contributed by atoms with Crippen molar-refractivity contribution in [2.45, 2.75) is 38.3 Å². The highest BCUT2D eigenvalue weighted by molar-refractivity contribution is 7.91. The van der Waals surface area contributed by atoms with Gasteiger partial charge in [-0.25, -0.2) is 8.42 Å². The number of carbonyl (C=O) groups is 1. The summed E-state index contributed by atoms with van der Waals surface area (Å²) in [7, 11) is -1.14. The Morgan fingerprint density at radius 1 is 1.44 bits per heavy atom. The monoisotopic (exact) mass is 274 g/mol. The lowest BCUT2D eigenvalue weighted by atomic mass is 10.1. The number of nitrogens with one attached hydrogen (secondary N) is 1. The lowest BCUT2D eigenvalue weighted by Crippen LogP contribution is -2.48. The third-order valence-corrected chi connectivity index (χ3v) is 5.77. The molecule has 0 bridgehead atoms. The summed E-state index contributed by atoms with van der Waals surface area (Å²) in [6.45, 7) is 2.53. The van der Waals surface area contributed by atoms with Crippen LogP contribution in [-0.2, 0) is 14.6 Å². The Morgan fingerprint density at radius 2 is 2.11 bits per heavy atom. The van der Waals surface area contributed by atoms with Gasteiger partial charge >= 0.3 is 0 Å². The Hall–Kier alpha value is -0.620. The average molecular weight is 274 g/mol. The third kappa shape index (κ3) is 3.45. The third-order valence-electron chi connectivity index (χ3n) is 4.03. The van der Waals surface area contributed by atoms with Gasteiger partial charge in [0.1, 0.15) is 0 Å². The molecule has 0 aromatic carbocycles. The zero-order valence-corrected chi connectivity index (χ0v) is 11.9. The van der Waals surface area contributed by atoms with Crippen LogP contribution >= 0.6 is 0 Å². The maximum absolute atomic E-state index is 12.1. The van der Waals surface area contributed by atoms with Crippen molar-refractivity contribution in [3.8, 4) is 0 Å². The summed E-state index contributed by atoms with van der Waals surface area (Å²) < 4.78 is 23.0. The lowest BCUT2D eigenvalue weighted by molar-refractivity contribution is -0.132. The van der Waals surface area contributed by atoms with Gasteiger partial charge in [-0.2, -0.15) is 0 Å². The van der Waals surface area contributed by atoms with Crippen LogP contribution in [-0.4, -0.2) is 56.4 Å². The van der Waals surface area contributed by atoms with Crippen LogP contribution in [0.4, 0.5) is 0 Å². The first kappa shape index (κ1) is 13.8. The van der Waals surface area contributed by atoms with Gasteiger partial charge in [0.15, 0.2) is 9.84 Å². The SMILES string of the molecule is CC(C1CC1)N(C)C(=O)CC1CS(=O)(=O)CCN1. The van der Waals surface area contributed by atoms with Crippen LogP contribution in [0, 0.1) is 5.92 Å². The predicted octanol–water partition coefficient (Wildman–Crippen LogP) is 0.0200. The molecule has 104 valence electrons. The van der Waals surface area contributed by atoms with Gasteiger partial charge in [0, 0.05) is 32.1 Å². The van der Waals surface area contributed by atoms with Crippen LogP contribution in [0.2, 0.25) is 0 Å². The molecule has 0 spiro atoms. The van der Waals surface area contributed by atoms with Crippen LogP contribution in [0.3, 0.4) is 0 Å². The highest BCUT2D eigenvalue weighted by atomic mass is 32.2. The molecular formula is C12H22N2O3S. The Bertz CT molecular complexity index is 417. The van der Waals surface area contributed by atoms with Crippen molar-refractivity contribution in [2.24, 2.45) is 5.92 Å². The second-order valence-corrected chi connectivity index (χ2v) is 7.78. The molecule has 18 heavy (non-hydrogen) atoms. The minimum absolute atomic E-state index is 0.0454. The largest absolute Gasteiger partial charge is 0.343 e. The molecule has 0 radical (unpaired) electrons. The first-order valence-corrected chi connectivity index (χ1v) is 8.40. The number of nitrogens with zero attached hydrogens (tertiary/aromatic N) is 1. The van der Waals surface area contributed by atoms with E-state index in [2.05, 4.69) is 12.2 Å².